The molecule has 0 aliphatic carbocycles. The van der Waals surface area contributed by atoms with Gasteiger partial charge in [-0.25, -0.2) is 9.78 Å². The first kappa shape index (κ1) is 12.0. The van der Waals surface area contributed by atoms with Gasteiger partial charge in [0.05, 0.1) is 17.2 Å². The monoisotopic (exact) mass is 228 g/mol. The molecule has 1 aromatic rings. The zero-order valence-corrected chi connectivity index (χ0v) is 10.3. The molecule has 0 saturated carbocycles. The molecule has 0 aliphatic rings. The zero-order valence-electron chi connectivity index (χ0n) is 9.46. The maximum absolute atomic E-state index is 11.3. The second-order valence-corrected chi connectivity index (χ2v) is 5.28. The summed E-state index contributed by atoms with van der Waals surface area (Å²) in [4.78, 5) is 15.5. The van der Waals surface area contributed by atoms with E-state index in [2.05, 4.69) is 10.3 Å². The van der Waals surface area contributed by atoms with Crippen molar-refractivity contribution in [1.29, 1.82) is 0 Å². The molecule has 0 atom stereocenters. The summed E-state index contributed by atoms with van der Waals surface area (Å²) < 4.78 is 5.09. The second kappa shape index (κ2) is 4.61. The second-order valence-electron chi connectivity index (χ2n) is 4.21. The highest BCUT2D eigenvalue weighted by atomic mass is 32.1. The van der Waals surface area contributed by atoms with E-state index in [4.69, 9.17) is 4.74 Å². The molecule has 0 radical (unpaired) electrons. The highest BCUT2D eigenvalue weighted by molar-refractivity contribution is 7.09. The number of rotatable bonds is 2. The molecule has 1 amide bonds. The molecule has 5 heteroatoms. The van der Waals surface area contributed by atoms with Gasteiger partial charge < -0.3 is 10.1 Å². The molecule has 1 heterocycles. The van der Waals surface area contributed by atoms with Crippen molar-refractivity contribution in [3.05, 3.63) is 16.1 Å². The Hall–Kier alpha value is -1.10. The summed E-state index contributed by atoms with van der Waals surface area (Å²) in [5.41, 5.74) is 0.408. The zero-order chi connectivity index (χ0) is 11.5. The van der Waals surface area contributed by atoms with Crippen LogP contribution in [0.1, 0.15) is 31.5 Å². The fourth-order valence-corrected chi connectivity index (χ4v) is 1.58. The quantitative estimate of drug-likeness (QED) is 0.846. The first-order valence-electron chi connectivity index (χ1n) is 4.75. The number of hydrogen-bond acceptors (Lipinski definition) is 4. The minimum absolute atomic E-state index is 0.409. The lowest BCUT2D eigenvalue weighted by Gasteiger charge is -2.19. The molecule has 0 saturated heterocycles. The lowest BCUT2D eigenvalue weighted by atomic mass is 10.2. The van der Waals surface area contributed by atoms with Crippen LogP contribution in [0.25, 0.3) is 0 Å². The number of hydrogen-bond donors (Lipinski definition) is 1. The fourth-order valence-electron chi connectivity index (χ4n) is 0.966. The normalized spacial score (nSPS) is 11.2. The lowest BCUT2D eigenvalue weighted by Crippen LogP contribution is -2.32. The number of carbonyl (C=O) groups is 1. The molecule has 0 aliphatic heterocycles. The Morgan fingerprint density at radius 1 is 1.60 bits per heavy atom. The average Bonchev–Trinajstić information content (AvgIpc) is 2.45. The van der Waals surface area contributed by atoms with Crippen LogP contribution in [0.15, 0.2) is 5.38 Å². The summed E-state index contributed by atoms with van der Waals surface area (Å²) in [6.07, 6.45) is -0.409. The lowest BCUT2D eigenvalue weighted by molar-refractivity contribution is 0.0523. The van der Waals surface area contributed by atoms with E-state index < -0.39 is 11.7 Å². The predicted molar refractivity (Wildman–Crippen MR) is 59.9 cm³/mol. The minimum Gasteiger partial charge on any atom is -0.444 e. The van der Waals surface area contributed by atoms with Crippen molar-refractivity contribution in [2.75, 3.05) is 0 Å². The van der Waals surface area contributed by atoms with E-state index in [1.807, 2.05) is 33.1 Å². The number of alkyl carbamates (subject to hydrolysis) is 1. The van der Waals surface area contributed by atoms with Gasteiger partial charge in [-0.3, -0.25) is 0 Å². The third-order valence-electron chi connectivity index (χ3n) is 1.48. The topological polar surface area (TPSA) is 51.2 Å². The number of nitrogens with zero attached hydrogens (tertiary/aromatic N) is 1. The molecule has 1 N–H and O–H groups in total. The highest BCUT2D eigenvalue weighted by Crippen LogP contribution is 2.09. The highest BCUT2D eigenvalue weighted by Gasteiger charge is 2.15. The molecule has 0 fully saturated rings. The number of thiazole rings is 1. The van der Waals surface area contributed by atoms with Crippen LogP contribution >= 0.6 is 11.3 Å². The van der Waals surface area contributed by atoms with Gasteiger partial charge in [0.15, 0.2) is 0 Å². The van der Waals surface area contributed by atoms with Crippen LogP contribution in [0.5, 0.6) is 0 Å². The number of aromatic nitrogens is 1. The van der Waals surface area contributed by atoms with Crippen molar-refractivity contribution in [3.63, 3.8) is 0 Å². The molecule has 4 nitrogen and oxygen atoms in total. The Morgan fingerprint density at radius 2 is 2.27 bits per heavy atom. The van der Waals surface area contributed by atoms with Crippen LogP contribution in [0.4, 0.5) is 4.79 Å². The van der Waals surface area contributed by atoms with Gasteiger partial charge >= 0.3 is 6.09 Å². The number of ether oxygens (including phenoxy) is 1. The average molecular weight is 228 g/mol. The molecule has 1 rings (SSSR count). The van der Waals surface area contributed by atoms with E-state index >= 15 is 0 Å². The third kappa shape index (κ3) is 4.78. The van der Waals surface area contributed by atoms with Crippen LogP contribution in [-0.2, 0) is 11.3 Å². The van der Waals surface area contributed by atoms with Gasteiger partial charge in [0, 0.05) is 5.38 Å². The van der Waals surface area contributed by atoms with Gasteiger partial charge in [-0.15, -0.1) is 11.3 Å². The standard InChI is InChI=1S/C10H16N2O2S/c1-7-12-8(6-15-7)5-11-9(13)14-10(2,3)4/h6H,5H2,1-4H3,(H,11,13). The third-order valence-corrected chi connectivity index (χ3v) is 2.30. The number of amides is 1. The Balaban J connectivity index is 2.35. The molecule has 15 heavy (non-hydrogen) atoms. The van der Waals surface area contributed by atoms with Crippen molar-refractivity contribution in [3.8, 4) is 0 Å². The largest absolute Gasteiger partial charge is 0.444 e. The summed E-state index contributed by atoms with van der Waals surface area (Å²) in [5.74, 6) is 0. The van der Waals surface area contributed by atoms with Gasteiger partial charge in [0.1, 0.15) is 5.60 Å². The number of carbonyl (C=O) groups excluding carboxylic acids is 1. The Labute approximate surface area is 93.7 Å². The first-order valence-corrected chi connectivity index (χ1v) is 5.62. The van der Waals surface area contributed by atoms with E-state index in [1.165, 1.54) is 0 Å². The summed E-state index contributed by atoms with van der Waals surface area (Å²) >= 11 is 1.57. The van der Waals surface area contributed by atoms with Crippen molar-refractivity contribution >= 4 is 17.4 Å². The summed E-state index contributed by atoms with van der Waals surface area (Å²) in [6, 6.07) is 0. The van der Waals surface area contributed by atoms with Crippen LogP contribution < -0.4 is 5.32 Å². The van der Waals surface area contributed by atoms with Crippen LogP contribution in [-0.4, -0.2) is 16.7 Å². The molecular formula is C10H16N2O2S. The van der Waals surface area contributed by atoms with Crippen molar-refractivity contribution in [2.45, 2.75) is 39.8 Å². The molecule has 0 bridgehead atoms. The molecular weight excluding hydrogens is 212 g/mol. The van der Waals surface area contributed by atoms with Gasteiger partial charge in [-0.2, -0.15) is 0 Å². The summed E-state index contributed by atoms with van der Waals surface area (Å²) in [7, 11) is 0. The summed E-state index contributed by atoms with van der Waals surface area (Å²) in [6.45, 7) is 7.85. The van der Waals surface area contributed by atoms with Crippen LogP contribution in [0.2, 0.25) is 0 Å². The molecule has 0 unspecified atom stereocenters. The SMILES string of the molecule is Cc1nc(CNC(=O)OC(C)(C)C)cs1. The Kier molecular flexibility index (Phi) is 3.68. The minimum atomic E-state index is -0.456. The maximum atomic E-state index is 11.3. The van der Waals surface area contributed by atoms with Gasteiger partial charge in [0.25, 0.3) is 0 Å². The number of aryl methyl sites for hydroxylation is 1. The van der Waals surface area contributed by atoms with E-state index in [-0.39, 0.29) is 0 Å². The molecule has 0 spiro atoms. The van der Waals surface area contributed by atoms with Gasteiger partial charge in [-0.1, -0.05) is 0 Å². The van der Waals surface area contributed by atoms with E-state index in [0.29, 0.717) is 6.54 Å². The van der Waals surface area contributed by atoms with Crippen molar-refractivity contribution in [1.82, 2.24) is 10.3 Å². The summed E-state index contributed by atoms with van der Waals surface area (Å²) in [5, 5.41) is 5.57. The Morgan fingerprint density at radius 3 is 2.73 bits per heavy atom. The predicted octanol–water partition coefficient (Wildman–Crippen LogP) is 2.48. The van der Waals surface area contributed by atoms with E-state index in [1.54, 1.807) is 11.3 Å². The van der Waals surface area contributed by atoms with Crippen LogP contribution in [0, 0.1) is 6.92 Å². The van der Waals surface area contributed by atoms with E-state index in [0.717, 1.165) is 10.7 Å². The first-order chi connectivity index (χ1) is 6.87. The smallest absolute Gasteiger partial charge is 0.407 e. The van der Waals surface area contributed by atoms with Crippen molar-refractivity contribution in [2.24, 2.45) is 0 Å². The van der Waals surface area contributed by atoms with E-state index in [9.17, 15) is 4.79 Å². The van der Waals surface area contributed by atoms with Gasteiger partial charge in [0.2, 0.25) is 0 Å². The Bertz CT molecular complexity index is 341. The molecule has 1 aromatic heterocycles. The van der Waals surface area contributed by atoms with Gasteiger partial charge in [-0.05, 0) is 27.7 Å². The number of nitrogens with one attached hydrogen (secondary N) is 1. The molecule has 0 aromatic carbocycles. The fraction of sp³-hybridized carbons (Fsp3) is 0.600. The van der Waals surface area contributed by atoms with Crippen molar-refractivity contribution < 1.29 is 9.53 Å². The molecule has 84 valence electrons. The van der Waals surface area contributed by atoms with Crippen LogP contribution in [0.3, 0.4) is 0 Å². The maximum Gasteiger partial charge on any atom is 0.407 e.